The minimum Gasteiger partial charge on any atom is -0.497 e. The van der Waals surface area contributed by atoms with Crippen molar-refractivity contribution in [2.45, 2.75) is 25.1 Å². The highest BCUT2D eigenvalue weighted by atomic mass is 16.6. The molecule has 4 rings (SSSR count). The van der Waals surface area contributed by atoms with Crippen LogP contribution in [0.25, 0.3) is 0 Å². The predicted molar refractivity (Wildman–Crippen MR) is 106 cm³/mol. The van der Waals surface area contributed by atoms with Crippen LogP contribution in [-0.4, -0.2) is 44.4 Å². The molecule has 1 amide bonds. The molecule has 2 aromatic rings. The molecule has 2 aliphatic rings. The number of carbonyl (C=O) groups excluding carboxylic acids is 1. The lowest BCUT2D eigenvalue weighted by atomic mass is 9.83. The smallest absolute Gasteiger partial charge is 0.410 e. The summed E-state index contributed by atoms with van der Waals surface area (Å²) in [4.78, 5) is 14.8. The average molecular weight is 382 g/mol. The highest BCUT2D eigenvalue weighted by Gasteiger charge is 2.46. The van der Waals surface area contributed by atoms with Gasteiger partial charge in [0.15, 0.2) is 0 Å². The van der Waals surface area contributed by atoms with Crippen LogP contribution in [0.2, 0.25) is 0 Å². The molecule has 0 spiro atoms. The number of amides is 1. The van der Waals surface area contributed by atoms with Crippen LogP contribution in [0.5, 0.6) is 5.75 Å². The first-order valence-electron chi connectivity index (χ1n) is 9.62. The van der Waals surface area contributed by atoms with E-state index in [1.54, 1.807) is 14.2 Å². The van der Waals surface area contributed by atoms with Crippen LogP contribution < -0.4 is 10.1 Å². The standard InChI is InChI=1S/C22H26N2O4/c1-26-14-20-17-10-11-24(22(25)28-13-15-6-4-3-5-7-15)21(17)18-12-16(27-2)8-9-19(18)23-20/h3-9,12,17,20-21,23H,10-11,13-14H2,1-2H3. The lowest BCUT2D eigenvalue weighted by Gasteiger charge is -2.39. The van der Waals surface area contributed by atoms with Crippen molar-refractivity contribution >= 4 is 11.8 Å². The van der Waals surface area contributed by atoms with Crippen LogP contribution >= 0.6 is 0 Å². The molecule has 1 saturated heterocycles. The molecule has 0 bridgehead atoms. The molecule has 0 aliphatic carbocycles. The number of rotatable bonds is 5. The first-order valence-corrected chi connectivity index (χ1v) is 9.62. The van der Waals surface area contributed by atoms with Crippen molar-refractivity contribution in [3.8, 4) is 5.75 Å². The van der Waals surface area contributed by atoms with Crippen molar-refractivity contribution in [3.63, 3.8) is 0 Å². The van der Waals surface area contributed by atoms with Crippen LogP contribution in [0.1, 0.15) is 23.6 Å². The van der Waals surface area contributed by atoms with Gasteiger partial charge in [-0.1, -0.05) is 30.3 Å². The van der Waals surface area contributed by atoms with E-state index in [0.717, 1.165) is 29.0 Å². The molecule has 28 heavy (non-hydrogen) atoms. The van der Waals surface area contributed by atoms with Crippen molar-refractivity contribution < 1.29 is 19.0 Å². The Morgan fingerprint density at radius 3 is 2.75 bits per heavy atom. The number of hydrogen-bond acceptors (Lipinski definition) is 5. The second-order valence-electron chi connectivity index (χ2n) is 7.29. The molecular weight excluding hydrogens is 356 g/mol. The van der Waals surface area contributed by atoms with Gasteiger partial charge in [0.05, 0.1) is 25.8 Å². The van der Waals surface area contributed by atoms with Crippen LogP contribution in [-0.2, 0) is 16.1 Å². The third-order valence-electron chi connectivity index (χ3n) is 5.67. The van der Waals surface area contributed by atoms with E-state index in [1.165, 1.54) is 0 Å². The highest BCUT2D eigenvalue weighted by molar-refractivity contribution is 5.71. The van der Waals surface area contributed by atoms with Gasteiger partial charge in [-0.3, -0.25) is 0 Å². The molecule has 1 N–H and O–H groups in total. The summed E-state index contributed by atoms with van der Waals surface area (Å²) in [5.41, 5.74) is 3.08. The van der Waals surface area contributed by atoms with Crippen molar-refractivity contribution in [2.24, 2.45) is 5.92 Å². The third kappa shape index (κ3) is 3.52. The molecule has 0 saturated carbocycles. The van der Waals surface area contributed by atoms with Gasteiger partial charge in [-0.25, -0.2) is 4.79 Å². The molecule has 6 heteroatoms. The van der Waals surface area contributed by atoms with Gasteiger partial charge in [-0.2, -0.15) is 0 Å². The normalized spacial score (nSPS) is 22.8. The summed E-state index contributed by atoms with van der Waals surface area (Å²) < 4.78 is 16.5. The molecule has 0 radical (unpaired) electrons. The fourth-order valence-electron chi connectivity index (χ4n) is 4.34. The van der Waals surface area contributed by atoms with E-state index in [2.05, 4.69) is 5.32 Å². The van der Waals surface area contributed by atoms with Gasteiger partial charge in [0.1, 0.15) is 12.4 Å². The quantitative estimate of drug-likeness (QED) is 0.852. The maximum Gasteiger partial charge on any atom is 0.410 e. The number of fused-ring (bicyclic) bond motifs is 3. The maximum absolute atomic E-state index is 12.9. The van der Waals surface area contributed by atoms with Crippen LogP contribution in [0.15, 0.2) is 48.5 Å². The minimum atomic E-state index is -0.275. The Labute approximate surface area is 165 Å². The van der Waals surface area contributed by atoms with E-state index in [-0.39, 0.29) is 30.7 Å². The molecule has 3 atom stereocenters. The summed E-state index contributed by atoms with van der Waals surface area (Å²) in [5, 5.41) is 3.58. The molecule has 3 unspecified atom stereocenters. The first kappa shape index (κ1) is 18.6. The fraction of sp³-hybridized carbons (Fsp3) is 0.409. The Morgan fingerprint density at radius 1 is 1.18 bits per heavy atom. The number of nitrogens with zero attached hydrogens (tertiary/aromatic N) is 1. The lowest BCUT2D eigenvalue weighted by Crippen LogP contribution is -2.43. The molecule has 6 nitrogen and oxygen atoms in total. The van der Waals surface area contributed by atoms with E-state index in [9.17, 15) is 4.79 Å². The zero-order valence-corrected chi connectivity index (χ0v) is 16.3. The first-order chi connectivity index (χ1) is 13.7. The summed E-state index contributed by atoms with van der Waals surface area (Å²) in [5.74, 6) is 1.05. The molecule has 2 aromatic carbocycles. The van der Waals surface area contributed by atoms with Crippen LogP contribution in [0.4, 0.5) is 10.5 Å². The Hall–Kier alpha value is -2.73. The van der Waals surface area contributed by atoms with Crippen molar-refractivity contribution in [3.05, 3.63) is 59.7 Å². The van der Waals surface area contributed by atoms with Gasteiger partial charge in [0.25, 0.3) is 0 Å². The molecule has 1 fully saturated rings. The minimum absolute atomic E-state index is 0.0465. The summed E-state index contributed by atoms with van der Waals surface area (Å²) >= 11 is 0. The van der Waals surface area contributed by atoms with Gasteiger partial charge in [-0.05, 0) is 30.2 Å². The van der Waals surface area contributed by atoms with Crippen molar-refractivity contribution in [1.29, 1.82) is 0 Å². The number of carbonyl (C=O) groups is 1. The Kier molecular flexibility index (Phi) is 5.39. The third-order valence-corrected chi connectivity index (χ3v) is 5.67. The van der Waals surface area contributed by atoms with Crippen LogP contribution in [0, 0.1) is 5.92 Å². The van der Waals surface area contributed by atoms with Crippen molar-refractivity contribution in [1.82, 2.24) is 4.90 Å². The Bertz CT molecular complexity index is 827. The number of methoxy groups -OCH3 is 2. The summed E-state index contributed by atoms with van der Waals surface area (Å²) in [7, 11) is 3.37. The summed E-state index contributed by atoms with van der Waals surface area (Å²) in [6.45, 7) is 1.54. The number of benzene rings is 2. The maximum atomic E-state index is 12.9. The number of hydrogen-bond donors (Lipinski definition) is 1. The van der Waals surface area contributed by atoms with E-state index in [1.807, 2.05) is 53.4 Å². The van der Waals surface area contributed by atoms with Gasteiger partial charge < -0.3 is 24.4 Å². The zero-order valence-electron chi connectivity index (χ0n) is 16.3. The summed E-state index contributed by atoms with van der Waals surface area (Å²) in [6, 6.07) is 15.8. The second-order valence-corrected chi connectivity index (χ2v) is 7.29. The molecule has 148 valence electrons. The topological polar surface area (TPSA) is 60.0 Å². The van der Waals surface area contributed by atoms with Gasteiger partial charge in [-0.15, -0.1) is 0 Å². The van der Waals surface area contributed by atoms with E-state index in [0.29, 0.717) is 13.2 Å². The monoisotopic (exact) mass is 382 g/mol. The van der Waals surface area contributed by atoms with Gasteiger partial charge in [0, 0.05) is 30.8 Å². The van der Waals surface area contributed by atoms with E-state index in [4.69, 9.17) is 14.2 Å². The average Bonchev–Trinajstić information content (AvgIpc) is 3.19. The van der Waals surface area contributed by atoms with Crippen LogP contribution in [0.3, 0.4) is 0 Å². The molecular formula is C22H26N2O4. The number of ether oxygens (including phenoxy) is 3. The Morgan fingerprint density at radius 2 is 2.00 bits per heavy atom. The largest absolute Gasteiger partial charge is 0.497 e. The zero-order chi connectivity index (χ0) is 19.5. The summed E-state index contributed by atoms with van der Waals surface area (Å²) in [6.07, 6.45) is 0.631. The molecule has 0 aromatic heterocycles. The van der Waals surface area contributed by atoms with Gasteiger partial charge >= 0.3 is 6.09 Å². The molecule has 2 aliphatic heterocycles. The van der Waals surface area contributed by atoms with E-state index >= 15 is 0 Å². The van der Waals surface area contributed by atoms with Crippen molar-refractivity contribution in [2.75, 3.05) is 32.7 Å². The number of likely N-dealkylation sites (tertiary alicyclic amines) is 1. The fourth-order valence-corrected chi connectivity index (χ4v) is 4.34. The van der Waals surface area contributed by atoms with E-state index < -0.39 is 0 Å². The molecule has 2 heterocycles. The number of anilines is 1. The number of nitrogens with one attached hydrogen (secondary N) is 1. The lowest BCUT2D eigenvalue weighted by molar-refractivity contribution is 0.0824. The Balaban J connectivity index is 1.58. The highest BCUT2D eigenvalue weighted by Crippen LogP contribution is 2.47. The van der Waals surface area contributed by atoms with Gasteiger partial charge in [0.2, 0.25) is 0 Å². The SMILES string of the molecule is COCC1Nc2ccc(OC)cc2C2C1CCN2C(=O)OCc1ccccc1. The second kappa shape index (κ2) is 8.10. The predicted octanol–water partition coefficient (Wildman–Crippen LogP) is 3.84.